The first kappa shape index (κ1) is 15.9. The largest absolute Gasteiger partial charge is 0.495 e. The fourth-order valence-electron chi connectivity index (χ4n) is 2.77. The summed E-state index contributed by atoms with van der Waals surface area (Å²) in [5.74, 6) is 1.13. The van der Waals surface area contributed by atoms with Gasteiger partial charge in [0.05, 0.1) is 7.11 Å². The van der Waals surface area contributed by atoms with Gasteiger partial charge in [-0.05, 0) is 0 Å². The number of carbonyl (C=O) groups excluding carboxylic acids is 1. The average molecular weight is 322 g/mol. The fourth-order valence-corrected chi connectivity index (χ4v) is 2.77. The van der Waals surface area contributed by atoms with Gasteiger partial charge in [0.15, 0.2) is 0 Å². The second-order valence-electron chi connectivity index (χ2n) is 5.17. The van der Waals surface area contributed by atoms with Crippen molar-refractivity contribution in [3.8, 4) is 11.5 Å². The van der Waals surface area contributed by atoms with Crippen molar-refractivity contribution in [2.45, 2.75) is 0 Å². The van der Waals surface area contributed by atoms with Crippen LogP contribution >= 0.6 is 0 Å². The number of esters is 1. The van der Waals surface area contributed by atoms with Crippen LogP contribution in [0.25, 0.3) is 21.5 Å². The number of fused-ring (bicyclic) bond motifs is 2. The van der Waals surface area contributed by atoms with Crippen LogP contribution in [0.2, 0.25) is 0 Å². The number of rotatable bonds is 6. The summed E-state index contributed by atoms with van der Waals surface area (Å²) in [6, 6.07) is 15.9. The van der Waals surface area contributed by atoms with Gasteiger partial charge in [-0.3, -0.25) is 0 Å². The predicted octanol–water partition coefficient (Wildman–Crippen LogP) is 4.11. The van der Waals surface area contributed by atoms with Gasteiger partial charge in [0.25, 0.3) is 0 Å². The highest BCUT2D eigenvalue weighted by molar-refractivity contribution is 6.11. The maximum Gasteiger partial charge on any atom is 0.330 e. The van der Waals surface area contributed by atoms with E-state index in [-0.39, 0.29) is 13.2 Å². The summed E-state index contributed by atoms with van der Waals surface area (Å²) in [4.78, 5) is 11.1. The van der Waals surface area contributed by atoms with E-state index in [9.17, 15) is 4.79 Å². The van der Waals surface area contributed by atoms with E-state index in [0.29, 0.717) is 0 Å². The Morgan fingerprint density at radius 3 is 1.88 bits per heavy atom. The summed E-state index contributed by atoms with van der Waals surface area (Å²) in [5, 5.41) is 3.89. The Bertz CT molecular complexity index is 842. The molecule has 0 unspecified atom stereocenters. The first-order chi connectivity index (χ1) is 11.8. The quantitative estimate of drug-likeness (QED) is 0.296. The van der Waals surface area contributed by atoms with Crippen LogP contribution in [-0.4, -0.2) is 26.3 Å². The fraction of sp³-hybridized carbons (Fsp3) is 0.150. The molecule has 4 heteroatoms. The molecule has 24 heavy (non-hydrogen) atoms. The van der Waals surface area contributed by atoms with Gasteiger partial charge < -0.3 is 14.2 Å². The Hall–Kier alpha value is -3.01. The molecule has 0 saturated heterocycles. The van der Waals surface area contributed by atoms with E-state index in [1.165, 1.54) is 0 Å². The lowest BCUT2D eigenvalue weighted by atomic mass is 10.0. The van der Waals surface area contributed by atoms with Crippen LogP contribution < -0.4 is 9.47 Å². The van der Waals surface area contributed by atoms with E-state index in [4.69, 9.17) is 14.2 Å². The molecule has 0 amide bonds. The zero-order chi connectivity index (χ0) is 16.9. The van der Waals surface area contributed by atoms with Gasteiger partial charge in [-0.1, -0.05) is 55.1 Å². The van der Waals surface area contributed by atoms with E-state index in [1.807, 2.05) is 48.5 Å². The maximum absolute atomic E-state index is 11.1. The van der Waals surface area contributed by atoms with Gasteiger partial charge in [-0.15, -0.1) is 0 Å². The molecule has 0 aliphatic rings. The summed E-state index contributed by atoms with van der Waals surface area (Å²) in [6.07, 6.45) is 1.14. The van der Waals surface area contributed by atoms with Gasteiger partial charge in [0, 0.05) is 27.6 Å². The predicted molar refractivity (Wildman–Crippen MR) is 94.7 cm³/mol. The molecule has 0 heterocycles. The zero-order valence-corrected chi connectivity index (χ0v) is 13.5. The zero-order valence-electron chi connectivity index (χ0n) is 13.5. The molecule has 3 rings (SSSR count). The number of benzene rings is 3. The van der Waals surface area contributed by atoms with E-state index in [2.05, 4.69) is 6.58 Å². The van der Waals surface area contributed by atoms with Gasteiger partial charge in [0.1, 0.15) is 24.7 Å². The molecular weight excluding hydrogens is 304 g/mol. The summed E-state index contributed by atoms with van der Waals surface area (Å²) in [6.45, 7) is 3.80. The van der Waals surface area contributed by atoms with Crippen LogP contribution in [0.15, 0.2) is 61.2 Å². The molecule has 0 fully saturated rings. The number of carbonyl (C=O) groups is 1. The van der Waals surface area contributed by atoms with Crippen molar-refractivity contribution in [3.05, 3.63) is 61.2 Å². The monoisotopic (exact) mass is 322 g/mol. The molecule has 0 bridgehead atoms. The van der Waals surface area contributed by atoms with E-state index in [0.717, 1.165) is 39.1 Å². The Morgan fingerprint density at radius 1 is 0.917 bits per heavy atom. The molecule has 0 N–H and O–H groups in total. The third kappa shape index (κ3) is 2.91. The second kappa shape index (κ2) is 7.04. The molecule has 4 nitrogen and oxygen atoms in total. The highest BCUT2D eigenvalue weighted by Gasteiger charge is 2.14. The first-order valence-electron chi connectivity index (χ1n) is 7.65. The molecule has 0 radical (unpaired) electrons. The van der Waals surface area contributed by atoms with Crippen LogP contribution in [0, 0.1) is 0 Å². The molecule has 0 spiro atoms. The van der Waals surface area contributed by atoms with Crippen LogP contribution in [0.5, 0.6) is 11.5 Å². The van der Waals surface area contributed by atoms with E-state index < -0.39 is 5.97 Å². The van der Waals surface area contributed by atoms with E-state index >= 15 is 0 Å². The summed E-state index contributed by atoms with van der Waals surface area (Å²) >= 11 is 0. The molecule has 0 saturated carbocycles. The van der Waals surface area contributed by atoms with Crippen molar-refractivity contribution in [3.63, 3.8) is 0 Å². The summed E-state index contributed by atoms with van der Waals surface area (Å²) < 4.78 is 16.6. The second-order valence-corrected chi connectivity index (χ2v) is 5.17. The molecule has 0 aromatic heterocycles. The van der Waals surface area contributed by atoms with Gasteiger partial charge in [0.2, 0.25) is 0 Å². The number of methoxy groups -OCH3 is 1. The topological polar surface area (TPSA) is 44.8 Å². The van der Waals surface area contributed by atoms with E-state index in [1.54, 1.807) is 7.11 Å². The lowest BCUT2D eigenvalue weighted by molar-refractivity contribution is -0.138. The Labute approximate surface area is 140 Å². The molecule has 3 aromatic carbocycles. The lowest BCUT2D eigenvalue weighted by Crippen LogP contribution is -2.10. The average Bonchev–Trinajstić information content (AvgIpc) is 2.64. The smallest absolute Gasteiger partial charge is 0.330 e. The first-order valence-corrected chi connectivity index (χ1v) is 7.65. The van der Waals surface area contributed by atoms with Gasteiger partial charge in [-0.25, -0.2) is 4.79 Å². The highest BCUT2D eigenvalue weighted by Crippen LogP contribution is 2.42. The number of hydrogen-bond acceptors (Lipinski definition) is 4. The summed E-state index contributed by atoms with van der Waals surface area (Å²) in [5.41, 5.74) is 0. The van der Waals surface area contributed by atoms with Crippen molar-refractivity contribution >= 4 is 27.5 Å². The van der Waals surface area contributed by atoms with Crippen molar-refractivity contribution in [1.29, 1.82) is 0 Å². The van der Waals surface area contributed by atoms with Crippen LogP contribution in [-0.2, 0) is 9.53 Å². The molecule has 3 aromatic rings. The molecule has 0 aliphatic heterocycles. The van der Waals surface area contributed by atoms with Gasteiger partial charge in [-0.2, -0.15) is 0 Å². The third-order valence-corrected chi connectivity index (χ3v) is 3.78. The normalized spacial score (nSPS) is 10.5. The van der Waals surface area contributed by atoms with Crippen LogP contribution in [0.4, 0.5) is 0 Å². The highest BCUT2D eigenvalue weighted by atomic mass is 16.6. The standard InChI is InChI=1S/C20H18O4/c1-3-18(21)23-12-13-24-20-16-10-6-4-8-14(16)19(22-2)15-9-5-7-11-17(15)20/h3-11H,1,12-13H2,2H3. The number of hydrogen-bond donors (Lipinski definition) is 0. The van der Waals surface area contributed by atoms with Crippen molar-refractivity contribution in [2.75, 3.05) is 20.3 Å². The van der Waals surface area contributed by atoms with Crippen molar-refractivity contribution in [1.82, 2.24) is 0 Å². The molecule has 122 valence electrons. The third-order valence-electron chi connectivity index (χ3n) is 3.78. The van der Waals surface area contributed by atoms with Crippen molar-refractivity contribution in [2.24, 2.45) is 0 Å². The molecular formula is C20H18O4. The Kier molecular flexibility index (Phi) is 4.66. The lowest BCUT2D eigenvalue weighted by Gasteiger charge is -2.16. The SMILES string of the molecule is C=CC(=O)OCCOc1c2ccccc2c(OC)c2ccccc12. The maximum atomic E-state index is 11.1. The molecule has 0 atom stereocenters. The van der Waals surface area contributed by atoms with Crippen LogP contribution in [0.1, 0.15) is 0 Å². The summed E-state index contributed by atoms with van der Waals surface area (Å²) in [7, 11) is 1.67. The molecule has 0 aliphatic carbocycles. The Balaban J connectivity index is 2.04. The van der Waals surface area contributed by atoms with Crippen molar-refractivity contribution < 1.29 is 19.0 Å². The minimum absolute atomic E-state index is 0.166. The van der Waals surface area contributed by atoms with Gasteiger partial charge >= 0.3 is 5.97 Å². The van der Waals surface area contributed by atoms with Crippen LogP contribution in [0.3, 0.4) is 0 Å². The minimum atomic E-state index is -0.456. The number of ether oxygens (including phenoxy) is 3. The minimum Gasteiger partial charge on any atom is -0.495 e. The Morgan fingerprint density at radius 2 is 1.42 bits per heavy atom.